The Kier molecular flexibility index (Phi) is 5.87. The van der Waals surface area contributed by atoms with Crippen molar-refractivity contribution >= 4 is 28.3 Å². The van der Waals surface area contributed by atoms with Crippen molar-refractivity contribution in [2.75, 3.05) is 6.61 Å². The van der Waals surface area contributed by atoms with Crippen molar-refractivity contribution in [3.63, 3.8) is 0 Å². The average molecular weight is 484 g/mol. The number of aryl methyl sites for hydroxylation is 1. The summed E-state index contributed by atoms with van der Waals surface area (Å²) in [6.45, 7) is 2.59. The SMILES string of the molecule is Cc1cccn2c(=O)c3cc(C#N)c(=NC(=O)c4ccccc4[N+](=O)[O-])n(C[C@@H]4CCCO4)c3nc12. The second kappa shape index (κ2) is 9.16. The van der Waals surface area contributed by atoms with Crippen LogP contribution < -0.4 is 11.0 Å². The number of nitro benzene ring substituents is 1. The van der Waals surface area contributed by atoms with Crippen LogP contribution >= 0.6 is 0 Å². The normalized spacial score (nSPS) is 15.9. The Balaban J connectivity index is 1.85. The Hall–Kier alpha value is -4.69. The van der Waals surface area contributed by atoms with Gasteiger partial charge in [-0.25, -0.2) is 4.98 Å². The molecule has 0 saturated carbocycles. The monoisotopic (exact) mass is 484 g/mol. The summed E-state index contributed by atoms with van der Waals surface area (Å²) in [5.41, 5.74) is 0.403. The summed E-state index contributed by atoms with van der Waals surface area (Å²) in [5.74, 6) is -0.882. The van der Waals surface area contributed by atoms with Crippen molar-refractivity contribution in [1.82, 2.24) is 14.0 Å². The molecule has 0 bridgehead atoms. The van der Waals surface area contributed by atoms with E-state index in [1.165, 1.54) is 34.7 Å². The lowest BCUT2D eigenvalue weighted by molar-refractivity contribution is -0.385. The zero-order chi connectivity index (χ0) is 25.4. The molecule has 1 aromatic carbocycles. The molecule has 0 radical (unpaired) electrons. The summed E-state index contributed by atoms with van der Waals surface area (Å²) in [5, 5.41) is 21.6. The number of hydrogen-bond donors (Lipinski definition) is 0. The van der Waals surface area contributed by atoms with E-state index >= 15 is 0 Å². The number of nitrogens with zero attached hydrogens (tertiary/aromatic N) is 6. The minimum absolute atomic E-state index is 0.0288. The van der Waals surface area contributed by atoms with Crippen LogP contribution in [0.2, 0.25) is 0 Å². The van der Waals surface area contributed by atoms with Crippen LogP contribution in [-0.4, -0.2) is 37.5 Å². The van der Waals surface area contributed by atoms with Crippen LogP contribution in [0.5, 0.6) is 0 Å². The molecule has 180 valence electrons. The summed E-state index contributed by atoms with van der Waals surface area (Å²) in [7, 11) is 0. The van der Waals surface area contributed by atoms with Gasteiger partial charge in [-0.2, -0.15) is 10.3 Å². The van der Waals surface area contributed by atoms with Crippen molar-refractivity contribution in [2.24, 2.45) is 4.99 Å². The fraction of sp³-hybridized carbons (Fsp3) is 0.240. The molecule has 36 heavy (non-hydrogen) atoms. The number of pyridine rings is 2. The minimum Gasteiger partial charge on any atom is -0.376 e. The molecule has 1 amide bonds. The van der Waals surface area contributed by atoms with Crippen molar-refractivity contribution in [1.29, 1.82) is 5.26 Å². The van der Waals surface area contributed by atoms with E-state index in [-0.39, 0.29) is 45.9 Å². The Bertz CT molecular complexity index is 1720. The summed E-state index contributed by atoms with van der Waals surface area (Å²) in [4.78, 5) is 46.2. The van der Waals surface area contributed by atoms with Crippen LogP contribution in [0, 0.1) is 28.4 Å². The van der Waals surface area contributed by atoms with Gasteiger partial charge in [0.15, 0.2) is 5.49 Å². The number of nitriles is 1. The number of rotatable bonds is 4. The Labute approximate surface area is 203 Å². The topological polar surface area (TPSA) is 145 Å². The highest BCUT2D eigenvalue weighted by molar-refractivity contribution is 5.98. The summed E-state index contributed by atoms with van der Waals surface area (Å²) in [6.07, 6.45) is 2.96. The van der Waals surface area contributed by atoms with Gasteiger partial charge in [0.25, 0.3) is 17.2 Å². The molecule has 11 heteroatoms. The van der Waals surface area contributed by atoms with Crippen LogP contribution in [0.1, 0.15) is 34.3 Å². The van der Waals surface area contributed by atoms with Crippen LogP contribution in [0.15, 0.2) is 58.4 Å². The van der Waals surface area contributed by atoms with Crippen molar-refractivity contribution in [2.45, 2.75) is 32.4 Å². The molecule has 11 nitrogen and oxygen atoms in total. The van der Waals surface area contributed by atoms with Gasteiger partial charge >= 0.3 is 0 Å². The van der Waals surface area contributed by atoms with Gasteiger partial charge in [-0.1, -0.05) is 18.2 Å². The molecule has 0 unspecified atom stereocenters. The van der Waals surface area contributed by atoms with E-state index in [4.69, 9.17) is 9.72 Å². The van der Waals surface area contributed by atoms with Gasteiger partial charge in [-0.3, -0.25) is 24.1 Å². The highest BCUT2D eigenvalue weighted by Gasteiger charge is 2.23. The first-order chi connectivity index (χ1) is 17.4. The largest absolute Gasteiger partial charge is 0.376 e. The van der Waals surface area contributed by atoms with E-state index in [1.54, 1.807) is 16.8 Å². The minimum atomic E-state index is -0.882. The van der Waals surface area contributed by atoms with E-state index in [0.717, 1.165) is 18.4 Å². The number of nitro groups is 1. The maximum absolute atomic E-state index is 13.4. The van der Waals surface area contributed by atoms with Crippen LogP contribution in [-0.2, 0) is 11.3 Å². The molecule has 0 spiro atoms. The third-order valence-electron chi connectivity index (χ3n) is 6.17. The number of ether oxygens (including phenoxy) is 1. The number of carbonyl (C=O) groups is 1. The number of carbonyl (C=O) groups excluding carboxylic acids is 1. The maximum Gasteiger partial charge on any atom is 0.285 e. The third-order valence-corrected chi connectivity index (χ3v) is 6.17. The molecule has 4 aromatic rings. The first-order valence-corrected chi connectivity index (χ1v) is 11.3. The zero-order valence-electron chi connectivity index (χ0n) is 19.2. The number of fused-ring (bicyclic) bond motifs is 2. The van der Waals surface area contributed by atoms with Gasteiger partial charge in [-0.05, 0) is 43.5 Å². The Morgan fingerprint density at radius 3 is 2.83 bits per heavy atom. The maximum atomic E-state index is 13.4. The lowest BCUT2D eigenvalue weighted by atomic mass is 10.1. The summed E-state index contributed by atoms with van der Waals surface area (Å²) < 4.78 is 8.74. The first-order valence-electron chi connectivity index (χ1n) is 11.3. The molecule has 5 rings (SSSR count). The Morgan fingerprint density at radius 2 is 2.11 bits per heavy atom. The van der Waals surface area contributed by atoms with Crippen LogP contribution in [0.25, 0.3) is 16.7 Å². The first kappa shape index (κ1) is 23.1. The lowest BCUT2D eigenvalue weighted by Gasteiger charge is -2.17. The van der Waals surface area contributed by atoms with Crippen LogP contribution in [0.4, 0.5) is 5.69 Å². The molecular weight excluding hydrogens is 464 g/mol. The zero-order valence-corrected chi connectivity index (χ0v) is 19.2. The van der Waals surface area contributed by atoms with E-state index in [2.05, 4.69) is 4.99 Å². The molecule has 4 heterocycles. The van der Waals surface area contributed by atoms with E-state index in [1.807, 2.05) is 19.1 Å². The molecule has 0 N–H and O–H groups in total. The van der Waals surface area contributed by atoms with Gasteiger partial charge in [0.2, 0.25) is 0 Å². The molecule has 1 aliphatic rings. The number of para-hydroxylation sites is 1. The third kappa shape index (κ3) is 3.93. The number of benzene rings is 1. The molecule has 1 fully saturated rings. The molecule has 0 aliphatic carbocycles. The van der Waals surface area contributed by atoms with Gasteiger partial charge in [0, 0.05) is 18.9 Å². The number of aromatic nitrogens is 3. The predicted molar refractivity (Wildman–Crippen MR) is 128 cm³/mol. The summed E-state index contributed by atoms with van der Waals surface area (Å²) >= 11 is 0. The van der Waals surface area contributed by atoms with Gasteiger partial charge in [-0.15, -0.1) is 0 Å². The van der Waals surface area contributed by atoms with Gasteiger partial charge < -0.3 is 9.30 Å². The van der Waals surface area contributed by atoms with Crippen molar-refractivity contribution in [3.8, 4) is 6.07 Å². The fourth-order valence-electron chi connectivity index (χ4n) is 4.42. The fourth-order valence-corrected chi connectivity index (χ4v) is 4.42. The highest BCUT2D eigenvalue weighted by Crippen LogP contribution is 2.20. The van der Waals surface area contributed by atoms with Crippen molar-refractivity contribution in [3.05, 3.63) is 91.3 Å². The van der Waals surface area contributed by atoms with E-state index in [9.17, 15) is 25.0 Å². The number of amides is 1. The standard InChI is InChI=1S/C25H20N6O5/c1-15-6-4-10-29-21(15)27-23-19(25(29)33)12-16(13-26)22(30(23)14-17-7-5-11-36-17)28-24(32)18-8-2-3-9-20(18)31(34)35/h2-4,6,8-10,12,17H,5,7,11,14H2,1H3/t17-/m0/s1. The number of hydrogen-bond acceptors (Lipinski definition) is 7. The lowest BCUT2D eigenvalue weighted by Crippen LogP contribution is -2.33. The quantitative estimate of drug-likeness (QED) is 0.246. The van der Waals surface area contributed by atoms with E-state index < -0.39 is 16.5 Å². The predicted octanol–water partition coefficient (Wildman–Crippen LogP) is 2.66. The molecule has 1 aliphatic heterocycles. The second-order valence-electron chi connectivity index (χ2n) is 8.47. The second-order valence-corrected chi connectivity index (χ2v) is 8.47. The Morgan fingerprint density at radius 1 is 1.31 bits per heavy atom. The van der Waals surface area contributed by atoms with Crippen molar-refractivity contribution < 1.29 is 14.5 Å². The molecule has 1 saturated heterocycles. The summed E-state index contributed by atoms with van der Waals surface area (Å²) in [6, 6.07) is 12.4. The van der Waals surface area contributed by atoms with E-state index in [0.29, 0.717) is 12.3 Å². The van der Waals surface area contributed by atoms with Gasteiger partial charge in [0.05, 0.1) is 28.5 Å². The molecular formula is C25H20N6O5. The highest BCUT2D eigenvalue weighted by atomic mass is 16.6. The smallest absolute Gasteiger partial charge is 0.285 e. The van der Waals surface area contributed by atoms with Gasteiger partial charge in [0.1, 0.15) is 22.9 Å². The van der Waals surface area contributed by atoms with Crippen LogP contribution in [0.3, 0.4) is 0 Å². The molecule has 3 aromatic heterocycles. The molecule has 1 atom stereocenters. The average Bonchev–Trinajstić information content (AvgIpc) is 3.39.